The van der Waals surface area contributed by atoms with E-state index in [1.165, 1.54) is 30.3 Å². The lowest BCUT2D eigenvalue weighted by Crippen LogP contribution is -2.12. The van der Waals surface area contributed by atoms with E-state index in [1.807, 2.05) is 0 Å². The minimum atomic E-state index is -0.447. The van der Waals surface area contributed by atoms with Crippen LogP contribution in [-0.2, 0) is 0 Å². The highest BCUT2D eigenvalue weighted by Crippen LogP contribution is 2.32. The van der Waals surface area contributed by atoms with Gasteiger partial charge in [-0.25, -0.2) is 4.39 Å². The van der Waals surface area contributed by atoms with Crippen molar-refractivity contribution in [1.29, 1.82) is 0 Å². The molecule has 0 radical (unpaired) electrons. The van der Waals surface area contributed by atoms with Crippen molar-refractivity contribution in [2.75, 3.05) is 5.32 Å². The van der Waals surface area contributed by atoms with Gasteiger partial charge in [0.15, 0.2) is 0 Å². The molecule has 26 heavy (non-hydrogen) atoms. The number of nitrogens with one attached hydrogen (secondary N) is 1. The predicted octanol–water partition coefficient (Wildman–Crippen LogP) is 6.10. The van der Waals surface area contributed by atoms with Crippen molar-refractivity contribution < 1.29 is 19.0 Å². The molecule has 3 aromatic carbocycles. The van der Waals surface area contributed by atoms with E-state index >= 15 is 0 Å². The standard InChI is InChI=1S/C19H12Br2FNO3/c20-11-9-16(18(24)17(21)10-11)19(25)23-13-3-7-15(8-4-13)26-14-5-1-12(22)2-6-14/h1-10,24H,(H,23,25). The van der Waals surface area contributed by atoms with Crippen molar-refractivity contribution >= 4 is 43.5 Å². The first-order chi connectivity index (χ1) is 12.4. The van der Waals surface area contributed by atoms with Crippen molar-refractivity contribution in [1.82, 2.24) is 0 Å². The van der Waals surface area contributed by atoms with E-state index in [4.69, 9.17) is 4.74 Å². The van der Waals surface area contributed by atoms with Crippen LogP contribution in [0.3, 0.4) is 0 Å². The van der Waals surface area contributed by atoms with Crippen LogP contribution in [0.1, 0.15) is 10.4 Å². The summed E-state index contributed by atoms with van der Waals surface area (Å²) in [7, 11) is 0. The maximum atomic E-state index is 12.9. The van der Waals surface area contributed by atoms with Crippen LogP contribution in [0.15, 0.2) is 69.6 Å². The zero-order valence-corrected chi connectivity index (χ0v) is 16.3. The van der Waals surface area contributed by atoms with Gasteiger partial charge in [0.2, 0.25) is 0 Å². The number of phenolic OH excluding ortho intramolecular Hbond substituents is 1. The first-order valence-corrected chi connectivity index (χ1v) is 9.04. The number of ether oxygens (including phenoxy) is 1. The maximum absolute atomic E-state index is 12.9. The number of anilines is 1. The summed E-state index contributed by atoms with van der Waals surface area (Å²) in [6.07, 6.45) is 0. The van der Waals surface area contributed by atoms with Gasteiger partial charge in [0.25, 0.3) is 5.91 Å². The Hall–Kier alpha value is -2.38. The van der Waals surface area contributed by atoms with Crippen molar-refractivity contribution in [2.24, 2.45) is 0 Å². The fourth-order valence-electron chi connectivity index (χ4n) is 2.18. The molecule has 3 rings (SSSR count). The number of carbonyl (C=O) groups is 1. The molecular formula is C19H12Br2FNO3. The molecule has 7 heteroatoms. The van der Waals surface area contributed by atoms with Gasteiger partial charge in [0.05, 0.1) is 10.0 Å². The number of phenols is 1. The van der Waals surface area contributed by atoms with E-state index in [0.717, 1.165) is 0 Å². The second kappa shape index (κ2) is 7.88. The van der Waals surface area contributed by atoms with Gasteiger partial charge in [0.1, 0.15) is 23.1 Å². The third kappa shape index (κ3) is 4.42. The molecule has 0 heterocycles. The van der Waals surface area contributed by atoms with Crippen LogP contribution in [0.4, 0.5) is 10.1 Å². The largest absolute Gasteiger partial charge is 0.506 e. The summed E-state index contributed by atoms with van der Waals surface area (Å²) in [5, 5.41) is 12.7. The Morgan fingerprint density at radius 3 is 2.15 bits per heavy atom. The van der Waals surface area contributed by atoms with Gasteiger partial charge in [0, 0.05) is 10.2 Å². The molecule has 0 bridgehead atoms. The topological polar surface area (TPSA) is 58.6 Å². The molecule has 0 saturated heterocycles. The Morgan fingerprint density at radius 1 is 0.962 bits per heavy atom. The van der Waals surface area contributed by atoms with Crippen LogP contribution >= 0.6 is 31.9 Å². The van der Waals surface area contributed by atoms with Crippen LogP contribution < -0.4 is 10.1 Å². The van der Waals surface area contributed by atoms with Crippen LogP contribution in [0.5, 0.6) is 17.2 Å². The van der Waals surface area contributed by atoms with E-state index in [1.54, 1.807) is 30.3 Å². The fourth-order valence-corrected chi connectivity index (χ4v) is 3.41. The number of aromatic hydroxyl groups is 1. The van der Waals surface area contributed by atoms with Crippen molar-refractivity contribution in [2.45, 2.75) is 0 Å². The van der Waals surface area contributed by atoms with Crippen molar-refractivity contribution in [3.8, 4) is 17.2 Å². The van der Waals surface area contributed by atoms with E-state index in [0.29, 0.717) is 26.1 Å². The molecule has 1 amide bonds. The highest BCUT2D eigenvalue weighted by atomic mass is 79.9. The Labute approximate surface area is 165 Å². The van der Waals surface area contributed by atoms with Crippen LogP contribution in [0.25, 0.3) is 0 Å². The summed E-state index contributed by atoms with van der Waals surface area (Å²) in [5.41, 5.74) is 0.676. The van der Waals surface area contributed by atoms with Gasteiger partial charge >= 0.3 is 0 Å². The van der Waals surface area contributed by atoms with Gasteiger partial charge in [-0.3, -0.25) is 4.79 Å². The SMILES string of the molecule is O=C(Nc1ccc(Oc2ccc(F)cc2)cc1)c1cc(Br)cc(Br)c1O. The molecule has 0 unspecified atom stereocenters. The van der Waals surface area contributed by atoms with Gasteiger partial charge < -0.3 is 15.2 Å². The summed E-state index contributed by atoms with van der Waals surface area (Å²) >= 11 is 6.48. The molecule has 0 aliphatic rings. The number of hydrogen-bond donors (Lipinski definition) is 2. The van der Waals surface area contributed by atoms with Crippen molar-refractivity contribution in [3.63, 3.8) is 0 Å². The number of benzene rings is 3. The van der Waals surface area contributed by atoms with E-state index in [2.05, 4.69) is 37.2 Å². The molecule has 0 aromatic heterocycles. The molecule has 0 aliphatic carbocycles. The lowest BCUT2D eigenvalue weighted by Gasteiger charge is -2.10. The number of carbonyl (C=O) groups excluding carboxylic acids is 1. The van der Waals surface area contributed by atoms with Crippen molar-refractivity contribution in [3.05, 3.63) is 81.0 Å². The lowest BCUT2D eigenvalue weighted by molar-refractivity contribution is 0.102. The minimum absolute atomic E-state index is 0.137. The van der Waals surface area contributed by atoms with Crippen LogP contribution in [0.2, 0.25) is 0 Å². The summed E-state index contributed by atoms with van der Waals surface area (Å²) < 4.78 is 19.6. The molecule has 2 N–H and O–H groups in total. The number of amides is 1. The molecule has 4 nitrogen and oxygen atoms in total. The first-order valence-electron chi connectivity index (χ1n) is 7.45. The number of halogens is 3. The monoisotopic (exact) mass is 479 g/mol. The zero-order valence-electron chi connectivity index (χ0n) is 13.2. The summed E-state index contributed by atoms with van der Waals surface area (Å²) in [6.45, 7) is 0. The molecule has 0 fully saturated rings. The molecule has 0 atom stereocenters. The van der Waals surface area contributed by atoms with Gasteiger partial charge in [-0.2, -0.15) is 0 Å². The van der Waals surface area contributed by atoms with E-state index in [-0.39, 0.29) is 17.1 Å². The predicted molar refractivity (Wildman–Crippen MR) is 104 cm³/mol. The van der Waals surface area contributed by atoms with Gasteiger partial charge in [-0.05, 0) is 76.6 Å². The van der Waals surface area contributed by atoms with Gasteiger partial charge in [-0.1, -0.05) is 15.9 Å². The highest BCUT2D eigenvalue weighted by Gasteiger charge is 2.15. The average molecular weight is 481 g/mol. The minimum Gasteiger partial charge on any atom is -0.506 e. The van der Waals surface area contributed by atoms with Gasteiger partial charge in [-0.15, -0.1) is 0 Å². The molecular weight excluding hydrogens is 469 g/mol. The maximum Gasteiger partial charge on any atom is 0.259 e. The Morgan fingerprint density at radius 2 is 1.54 bits per heavy atom. The van der Waals surface area contributed by atoms with Crippen LogP contribution in [-0.4, -0.2) is 11.0 Å². The highest BCUT2D eigenvalue weighted by molar-refractivity contribution is 9.11. The lowest BCUT2D eigenvalue weighted by atomic mass is 10.2. The third-order valence-corrected chi connectivity index (χ3v) is 4.50. The number of rotatable bonds is 4. The Kier molecular flexibility index (Phi) is 5.58. The quantitative estimate of drug-likeness (QED) is 0.474. The molecule has 0 saturated carbocycles. The third-order valence-electron chi connectivity index (χ3n) is 3.43. The zero-order chi connectivity index (χ0) is 18.7. The average Bonchev–Trinajstić information content (AvgIpc) is 2.61. The summed E-state index contributed by atoms with van der Waals surface area (Å²) in [6, 6.07) is 15.5. The van der Waals surface area contributed by atoms with E-state index < -0.39 is 5.91 Å². The second-order valence-electron chi connectivity index (χ2n) is 5.32. The number of hydrogen-bond acceptors (Lipinski definition) is 3. The first kappa shape index (κ1) is 18.4. The normalized spacial score (nSPS) is 10.4. The van der Waals surface area contributed by atoms with E-state index in [9.17, 15) is 14.3 Å². The Bertz CT molecular complexity index is 944. The second-order valence-corrected chi connectivity index (χ2v) is 7.09. The molecule has 3 aromatic rings. The fraction of sp³-hybridized carbons (Fsp3) is 0. The Balaban J connectivity index is 1.71. The van der Waals surface area contributed by atoms with Crippen LogP contribution in [0, 0.1) is 5.82 Å². The molecule has 0 spiro atoms. The summed E-state index contributed by atoms with van der Waals surface area (Å²) in [4.78, 5) is 12.4. The molecule has 0 aliphatic heterocycles. The molecule has 132 valence electrons. The summed E-state index contributed by atoms with van der Waals surface area (Å²) in [5.74, 6) is 0.131. The smallest absolute Gasteiger partial charge is 0.259 e.